The molecule has 0 spiro atoms. The van der Waals surface area contributed by atoms with Crippen molar-refractivity contribution in [3.8, 4) is 0 Å². The smallest absolute Gasteiger partial charge is 0.0815 e. The number of benzene rings is 2. The molecule has 1 aliphatic rings. The first-order valence-electron chi connectivity index (χ1n) is 7.81. The van der Waals surface area contributed by atoms with Gasteiger partial charge in [0.1, 0.15) is 0 Å². The molecule has 0 bridgehead atoms. The van der Waals surface area contributed by atoms with E-state index in [1.165, 1.54) is 11.1 Å². The fourth-order valence-corrected chi connectivity index (χ4v) is 2.70. The molecular weight excluding hydrogens is 339 g/mol. The molecule has 0 amide bonds. The molecule has 2 aromatic carbocycles. The Bertz CT molecular complexity index is 749. The van der Waals surface area contributed by atoms with Gasteiger partial charge >= 0.3 is 0 Å². The summed E-state index contributed by atoms with van der Waals surface area (Å²) in [7, 11) is 0. The molecule has 0 radical (unpaired) electrons. The number of para-hydroxylation sites is 2. The zero-order valence-electron chi connectivity index (χ0n) is 13.3. The van der Waals surface area contributed by atoms with Gasteiger partial charge in [0.2, 0.25) is 0 Å². The zero-order chi connectivity index (χ0) is 15.9. The molecule has 2 aromatic rings. The highest BCUT2D eigenvalue weighted by Crippen LogP contribution is 2.25. The molecule has 0 aliphatic heterocycles. The van der Waals surface area contributed by atoms with Gasteiger partial charge in [-0.3, -0.25) is 4.99 Å². The molecule has 0 saturated heterocycles. The second-order valence-corrected chi connectivity index (χ2v) is 5.92. The van der Waals surface area contributed by atoms with Crippen LogP contribution in [0.3, 0.4) is 0 Å². The van der Waals surface area contributed by atoms with Crippen molar-refractivity contribution in [1.82, 2.24) is 0 Å². The summed E-state index contributed by atoms with van der Waals surface area (Å²) in [5.41, 5.74) is 4.44. The summed E-state index contributed by atoms with van der Waals surface area (Å²) in [4.78, 5) is 4.51. The minimum Gasteiger partial charge on any atom is -0.361 e. The summed E-state index contributed by atoms with van der Waals surface area (Å²) < 4.78 is 0. The molecule has 124 valence electrons. The molecule has 0 aromatic heterocycles. The van der Waals surface area contributed by atoms with Gasteiger partial charge in [0.05, 0.1) is 10.7 Å². The molecule has 24 heavy (non-hydrogen) atoms. The first-order chi connectivity index (χ1) is 11.3. The predicted molar refractivity (Wildman–Crippen MR) is 107 cm³/mol. The van der Waals surface area contributed by atoms with Crippen LogP contribution in [0.5, 0.6) is 0 Å². The van der Waals surface area contributed by atoms with Crippen molar-refractivity contribution in [2.24, 2.45) is 4.99 Å². The fourth-order valence-electron chi connectivity index (χ4n) is 2.51. The highest BCUT2D eigenvalue weighted by molar-refractivity contribution is 6.33. The maximum Gasteiger partial charge on any atom is 0.0815 e. The van der Waals surface area contributed by atoms with Crippen molar-refractivity contribution < 1.29 is 0 Å². The SMILES string of the molecule is Cl.Clc1ccccc1N=CC1=CC(=CNc2ccccc2)CCC1. The van der Waals surface area contributed by atoms with Gasteiger partial charge in [-0.05, 0) is 54.7 Å². The number of halogens is 2. The third-order valence-corrected chi connectivity index (χ3v) is 4.04. The molecule has 0 atom stereocenters. The van der Waals surface area contributed by atoms with Gasteiger partial charge in [-0.1, -0.05) is 48.0 Å². The Labute approximate surface area is 154 Å². The minimum absolute atomic E-state index is 0. The lowest BCUT2D eigenvalue weighted by molar-refractivity contribution is 0.806. The number of aliphatic imine (C=N–C) groups is 1. The van der Waals surface area contributed by atoms with Gasteiger partial charge in [0.15, 0.2) is 0 Å². The van der Waals surface area contributed by atoms with E-state index in [0.717, 1.165) is 30.6 Å². The number of allylic oxidation sites excluding steroid dienone is 3. The van der Waals surface area contributed by atoms with Gasteiger partial charge < -0.3 is 5.32 Å². The highest BCUT2D eigenvalue weighted by Gasteiger charge is 2.06. The first-order valence-corrected chi connectivity index (χ1v) is 8.19. The van der Waals surface area contributed by atoms with Gasteiger partial charge in [0.25, 0.3) is 0 Å². The summed E-state index contributed by atoms with van der Waals surface area (Å²) in [6, 6.07) is 17.8. The molecular formula is C20H20Cl2N2. The Hall–Kier alpha value is -2.03. The van der Waals surface area contributed by atoms with Crippen molar-refractivity contribution in [2.75, 3.05) is 5.32 Å². The van der Waals surface area contributed by atoms with Crippen molar-refractivity contribution in [1.29, 1.82) is 0 Å². The summed E-state index contributed by atoms with van der Waals surface area (Å²) in [5, 5.41) is 4.03. The van der Waals surface area contributed by atoms with Crippen molar-refractivity contribution in [2.45, 2.75) is 19.3 Å². The number of nitrogens with zero attached hydrogens (tertiary/aromatic N) is 1. The van der Waals surface area contributed by atoms with E-state index in [1.807, 2.05) is 48.7 Å². The van der Waals surface area contributed by atoms with Gasteiger partial charge in [-0.15, -0.1) is 12.4 Å². The largest absolute Gasteiger partial charge is 0.361 e. The Kier molecular flexibility index (Phi) is 7.10. The van der Waals surface area contributed by atoms with Crippen LogP contribution in [0.2, 0.25) is 5.02 Å². The third-order valence-electron chi connectivity index (χ3n) is 3.72. The third kappa shape index (κ3) is 5.26. The lowest BCUT2D eigenvalue weighted by atomic mass is 9.96. The Morgan fingerprint density at radius 1 is 0.958 bits per heavy atom. The number of anilines is 1. The van der Waals surface area contributed by atoms with Gasteiger partial charge in [-0.25, -0.2) is 0 Å². The van der Waals surface area contributed by atoms with E-state index >= 15 is 0 Å². The number of hydrogen-bond acceptors (Lipinski definition) is 2. The Morgan fingerprint density at radius 2 is 1.71 bits per heavy atom. The lowest BCUT2D eigenvalue weighted by Gasteiger charge is -2.12. The van der Waals surface area contributed by atoms with Crippen molar-refractivity contribution >= 4 is 41.6 Å². The predicted octanol–water partition coefficient (Wildman–Crippen LogP) is 6.57. The van der Waals surface area contributed by atoms with Crippen LogP contribution in [0, 0.1) is 0 Å². The second-order valence-electron chi connectivity index (χ2n) is 5.51. The van der Waals surface area contributed by atoms with E-state index in [-0.39, 0.29) is 12.4 Å². The highest BCUT2D eigenvalue weighted by atomic mass is 35.5. The minimum atomic E-state index is 0. The van der Waals surface area contributed by atoms with Gasteiger partial charge in [0, 0.05) is 18.1 Å². The Morgan fingerprint density at radius 3 is 2.50 bits per heavy atom. The van der Waals surface area contributed by atoms with Gasteiger partial charge in [-0.2, -0.15) is 0 Å². The van der Waals surface area contributed by atoms with Crippen LogP contribution >= 0.6 is 24.0 Å². The quantitative estimate of drug-likeness (QED) is 0.614. The van der Waals surface area contributed by atoms with Crippen LogP contribution in [0.4, 0.5) is 11.4 Å². The normalized spacial score (nSPS) is 15.9. The first kappa shape index (κ1) is 18.3. The number of nitrogens with one attached hydrogen (secondary N) is 1. The molecule has 4 heteroatoms. The van der Waals surface area contributed by atoms with E-state index in [2.05, 4.69) is 34.7 Å². The van der Waals surface area contributed by atoms with Crippen LogP contribution in [-0.2, 0) is 0 Å². The summed E-state index contributed by atoms with van der Waals surface area (Å²) >= 11 is 6.13. The molecule has 0 fully saturated rings. The second kappa shape index (κ2) is 9.31. The van der Waals surface area contributed by atoms with E-state index in [4.69, 9.17) is 11.6 Å². The topological polar surface area (TPSA) is 24.4 Å². The standard InChI is InChI=1S/C20H19ClN2.ClH/c21-19-11-4-5-12-20(19)23-15-17-8-6-7-16(13-17)14-22-18-9-2-1-3-10-18;/h1-5,9-15,22H,6-8H2;1H. The van der Waals surface area contributed by atoms with E-state index in [1.54, 1.807) is 0 Å². The number of rotatable bonds is 4. The van der Waals surface area contributed by atoms with E-state index in [0.29, 0.717) is 5.02 Å². The number of hydrogen-bond donors (Lipinski definition) is 1. The van der Waals surface area contributed by atoms with Crippen molar-refractivity contribution in [3.63, 3.8) is 0 Å². The molecule has 3 rings (SSSR count). The molecule has 1 aliphatic carbocycles. The molecule has 1 N–H and O–H groups in total. The van der Waals surface area contributed by atoms with Crippen LogP contribution in [0.1, 0.15) is 19.3 Å². The summed E-state index contributed by atoms with van der Waals surface area (Å²) in [6.45, 7) is 0. The molecule has 0 unspecified atom stereocenters. The molecule has 0 saturated carbocycles. The van der Waals surface area contributed by atoms with Crippen LogP contribution in [-0.4, -0.2) is 6.21 Å². The molecule has 2 nitrogen and oxygen atoms in total. The summed E-state index contributed by atoms with van der Waals surface area (Å²) in [6.07, 6.45) is 9.50. The van der Waals surface area contributed by atoms with E-state index < -0.39 is 0 Å². The molecule has 0 heterocycles. The van der Waals surface area contributed by atoms with Crippen LogP contribution in [0.15, 0.2) is 83.0 Å². The Balaban J connectivity index is 0.00000208. The fraction of sp³-hybridized carbons (Fsp3) is 0.150. The maximum absolute atomic E-state index is 6.13. The lowest BCUT2D eigenvalue weighted by Crippen LogP contribution is -1.98. The van der Waals surface area contributed by atoms with Crippen molar-refractivity contribution in [3.05, 3.63) is 83.0 Å². The average Bonchev–Trinajstić information content (AvgIpc) is 2.61. The zero-order valence-corrected chi connectivity index (χ0v) is 14.9. The van der Waals surface area contributed by atoms with Crippen LogP contribution < -0.4 is 5.32 Å². The van der Waals surface area contributed by atoms with Crippen LogP contribution in [0.25, 0.3) is 0 Å². The monoisotopic (exact) mass is 358 g/mol. The average molecular weight is 359 g/mol. The van der Waals surface area contributed by atoms with E-state index in [9.17, 15) is 0 Å². The summed E-state index contributed by atoms with van der Waals surface area (Å²) in [5.74, 6) is 0. The maximum atomic E-state index is 6.13.